The summed E-state index contributed by atoms with van der Waals surface area (Å²) < 4.78 is 123. The normalized spacial score (nSPS) is 37.3. The molecule has 5 aliphatic rings. The third kappa shape index (κ3) is 14.8. The predicted octanol–water partition coefficient (Wildman–Crippen LogP) is -12.4. The van der Waals surface area contributed by atoms with Gasteiger partial charge in [0.15, 0.2) is 6.35 Å². The second-order valence-corrected chi connectivity index (χ2v) is 20.5. The van der Waals surface area contributed by atoms with Crippen molar-refractivity contribution in [1.82, 2.24) is 26.6 Å². The van der Waals surface area contributed by atoms with Crippen molar-refractivity contribution in [3.63, 3.8) is 0 Å². The molecule has 1 aliphatic heterocycles. The molecule has 0 radical (unpaired) electrons. The van der Waals surface area contributed by atoms with Crippen LogP contribution >= 0.6 is 0 Å². The molecule has 0 amide bonds. The molecule has 0 spiro atoms. The quantitative estimate of drug-likeness (QED) is 0.0234. The van der Waals surface area contributed by atoms with Gasteiger partial charge in [-0.25, -0.2) is 25.3 Å². The fourth-order valence-electron chi connectivity index (χ4n) is 9.12. The van der Waals surface area contributed by atoms with Crippen molar-refractivity contribution < 1.29 is 135 Å². The number of carboxylic acid groups (broad SMARTS) is 2. The number of fused-ring (bicyclic) bond motifs is 1. The van der Waals surface area contributed by atoms with Crippen LogP contribution in [0, 0.1) is 22.0 Å². The zero-order chi connectivity index (χ0) is 43.6. The minimum atomic E-state index is -5.39. The number of aliphatic hydroxyl groups excluding tert-OH is 1. The summed E-state index contributed by atoms with van der Waals surface area (Å²) in [4.78, 5) is 34.3. The maximum Gasteiger partial charge on any atom is 1.00 e. The average Bonchev–Trinajstić information content (AvgIpc) is 3.12. The van der Waals surface area contributed by atoms with Gasteiger partial charge in [0.1, 0.15) is 24.7 Å². The number of nitrogens with one attached hydrogen (secondary N) is 5. The van der Waals surface area contributed by atoms with Gasteiger partial charge in [0.25, 0.3) is 0 Å². The molecule has 338 valence electrons. The van der Waals surface area contributed by atoms with Gasteiger partial charge in [-0.05, 0) is 57.3 Å². The number of methoxy groups -OCH3 is 1. The molecule has 5 rings (SSSR count). The van der Waals surface area contributed by atoms with E-state index in [2.05, 4.69) is 36.8 Å². The van der Waals surface area contributed by atoms with Crippen LogP contribution in [0.15, 0.2) is 10.2 Å². The predicted molar refractivity (Wildman–Crippen MR) is 193 cm³/mol. The molecule has 1 saturated heterocycles. The zero-order valence-electron chi connectivity index (χ0n) is 34.5. The molecule has 4 aliphatic carbocycles. The van der Waals surface area contributed by atoms with Gasteiger partial charge in [0, 0.05) is 36.8 Å². The van der Waals surface area contributed by atoms with E-state index in [1.54, 1.807) is 0 Å². The van der Waals surface area contributed by atoms with E-state index in [4.69, 9.17) is 9.47 Å². The average molecular weight is 927 g/mol. The molecule has 1 heterocycles. The molecule has 8 N–H and O–H groups in total. The van der Waals surface area contributed by atoms with Crippen molar-refractivity contribution in [2.45, 2.75) is 154 Å². The fourth-order valence-corrected chi connectivity index (χ4v) is 12.1. The largest absolute Gasteiger partial charge is 1.00 e. The molecule has 62 heavy (non-hydrogen) atoms. The monoisotopic (exact) mass is 926 g/mol. The SMILES string of the molecule is COC1CCC(S(=O)(=O)[O-])CC1N=NC1C(O)C2C(NC3NC(NC(CC(=O)O)C(=O)O)NC(OC4CCC([N+](=O)[O-])CC4)N3)CCC(S(=O)(=O)[O-])C2CC1S(=O)(=O)[O-].[Li+].[Li+].[Li+]. The summed E-state index contributed by atoms with van der Waals surface area (Å²) in [5, 5.41) is 59.7. The number of nitro groups is 1. The minimum absolute atomic E-state index is 0. The Kier molecular flexibility index (Phi) is 21.9. The van der Waals surface area contributed by atoms with E-state index in [0.29, 0.717) is 0 Å². The van der Waals surface area contributed by atoms with E-state index in [1.165, 1.54) is 7.11 Å². The first-order valence-electron chi connectivity index (χ1n) is 18.9. The Bertz CT molecular complexity index is 1910. The number of aliphatic carboxylic acids is 2. The van der Waals surface area contributed by atoms with E-state index < -0.39 is 150 Å². The van der Waals surface area contributed by atoms with Gasteiger partial charge in [-0.3, -0.25) is 46.3 Å². The van der Waals surface area contributed by atoms with Gasteiger partial charge in [-0.1, -0.05) is 0 Å². The Labute approximate surface area is 394 Å². The van der Waals surface area contributed by atoms with Crippen LogP contribution in [0.2, 0.25) is 0 Å². The Morgan fingerprint density at radius 2 is 1.44 bits per heavy atom. The molecule has 5 fully saturated rings. The molecular weight excluding hydrogens is 877 g/mol. The Morgan fingerprint density at radius 1 is 0.823 bits per heavy atom. The summed E-state index contributed by atoms with van der Waals surface area (Å²) in [6.07, 6.45) is -8.22. The number of hydrogen-bond acceptors (Lipinski definition) is 23. The van der Waals surface area contributed by atoms with Crippen molar-refractivity contribution in [1.29, 1.82) is 0 Å². The fraction of sp³-hybridized carbons (Fsp3) is 0.933. The summed E-state index contributed by atoms with van der Waals surface area (Å²) in [5.74, 6) is -5.70. The van der Waals surface area contributed by atoms with E-state index in [1.807, 2.05) is 0 Å². The summed E-state index contributed by atoms with van der Waals surface area (Å²) in [6.45, 7) is 0. The molecule has 0 aromatic heterocycles. The van der Waals surface area contributed by atoms with Crippen molar-refractivity contribution in [3.05, 3.63) is 10.1 Å². The van der Waals surface area contributed by atoms with Gasteiger partial charge in [-0.15, -0.1) is 0 Å². The smallest absolute Gasteiger partial charge is 0.748 e. The summed E-state index contributed by atoms with van der Waals surface area (Å²) in [7, 11) is -14.0. The Balaban J connectivity index is 0.00000441. The first-order chi connectivity index (χ1) is 27.5. The van der Waals surface area contributed by atoms with Gasteiger partial charge in [0.2, 0.25) is 6.04 Å². The van der Waals surface area contributed by atoms with Gasteiger partial charge >= 0.3 is 68.5 Å². The third-order valence-electron chi connectivity index (χ3n) is 12.0. The standard InChI is InChI=1S/C30H52N8O18S3.3Li/c1-55-20-8-6-15(57(46,47)48)10-18(20)36-37-25-22(59(52,53)54)11-16-21(58(49,50)51)9-7-17(24(16)26(25)41)31-28-33-29(32-19(27(42)43)12-23(39)40)35-30(34-28)56-14-4-2-13(3-5-14)38(44)45;;;/h13-22,24-26,28-35,41H,2-12H2,1H3,(H,39,40)(H,42,43)(H,46,47,48)(H,49,50,51)(H,52,53,54);;;/q;3*+1/p-3. The number of rotatable bonds is 16. The second-order valence-electron chi connectivity index (χ2n) is 15.6. The minimum Gasteiger partial charge on any atom is -0.748 e. The molecule has 4 saturated carbocycles. The van der Waals surface area contributed by atoms with Crippen molar-refractivity contribution in [2.24, 2.45) is 22.1 Å². The van der Waals surface area contributed by atoms with Crippen LogP contribution in [-0.2, 0) is 49.4 Å². The van der Waals surface area contributed by atoms with E-state index in [-0.39, 0.29) is 119 Å². The van der Waals surface area contributed by atoms with Crippen LogP contribution < -0.4 is 83.2 Å². The maximum atomic E-state index is 12.7. The van der Waals surface area contributed by atoms with Crippen LogP contribution in [-0.4, -0.2) is 161 Å². The van der Waals surface area contributed by atoms with Crippen LogP contribution in [0.4, 0.5) is 0 Å². The number of nitrogens with zero attached hydrogens (tertiary/aromatic N) is 3. The molecule has 26 nitrogen and oxygen atoms in total. The summed E-state index contributed by atoms with van der Waals surface area (Å²) >= 11 is 0. The van der Waals surface area contributed by atoms with Crippen LogP contribution in [0.5, 0.6) is 0 Å². The Hall–Kier alpha value is -0.858. The van der Waals surface area contributed by atoms with Crippen molar-refractivity contribution in [2.75, 3.05) is 7.11 Å². The third-order valence-corrected chi connectivity index (χ3v) is 15.8. The molecule has 0 aromatic rings. The number of carbonyl (C=O) groups is 2. The molecule has 0 aromatic carbocycles. The van der Waals surface area contributed by atoms with Crippen molar-refractivity contribution in [3.8, 4) is 0 Å². The molecule has 0 bridgehead atoms. The number of ether oxygens (including phenoxy) is 2. The molecular formula is C30H49Li3N8O18S3. The number of carboxylic acids is 2. The second kappa shape index (κ2) is 23.7. The van der Waals surface area contributed by atoms with E-state index in [9.17, 15) is 73.9 Å². The summed E-state index contributed by atoms with van der Waals surface area (Å²) in [6, 6.07) is -6.40. The molecule has 14 atom stereocenters. The van der Waals surface area contributed by atoms with Crippen LogP contribution in [0.3, 0.4) is 0 Å². The van der Waals surface area contributed by atoms with Gasteiger partial charge in [-0.2, -0.15) is 10.2 Å². The topological polar surface area (TPSA) is 413 Å². The Morgan fingerprint density at radius 3 is 1.97 bits per heavy atom. The summed E-state index contributed by atoms with van der Waals surface area (Å²) in [5.41, 5.74) is 0. The van der Waals surface area contributed by atoms with Crippen LogP contribution in [0.25, 0.3) is 0 Å². The zero-order valence-corrected chi connectivity index (χ0v) is 37.0. The van der Waals surface area contributed by atoms with Crippen molar-refractivity contribution >= 4 is 42.3 Å². The number of azo groups is 1. The van der Waals surface area contributed by atoms with E-state index >= 15 is 0 Å². The van der Waals surface area contributed by atoms with Gasteiger partial charge in [0.05, 0.1) is 76.9 Å². The molecule has 14 unspecified atom stereocenters. The first-order valence-corrected chi connectivity index (χ1v) is 23.4. The number of aliphatic hydroxyl groups is 1. The number of hydrogen-bond donors (Lipinski definition) is 8. The first kappa shape index (κ1) is 57.3. The molecule has 32 heteroatoms. The van der Waals surface area contributed by atoms with Gasteiger partial charge < -0.3 is 38.5 Å². The van der Waals surface area contributed by atoms with Crippen LogP contribution in [0.1, 0.15) is 70.6 Å². The van der Waals surface area contributed by atoms with E-state index in [0.717, 1.165) is 0 Å². The maximum absolute atomic E-state index is 12.7.